The average molecular weight is 368 g/mol. The maximum atomic E-state index is 12.0. The van der Waals surface area contributed by atoms with E-state index in [0.29, 0.717) is 17.2 Å². The fourth-order valence-corrected chi connectivity index (χ4v) is 2.53. The molecule has 0 unspecified atom stereocenters. The van der Waals surface area contributed by atoms with Crippen LogP contribution in [0.5, 0.6) is 17.2 Å². The van der Waals surface area contributed by atoms with Gasteiger partial charge in [-0.15, -0.1) is 0 Å². The highest BCUT2D eigenvalue weighted by molar-refractivity contribution is 5.99. The summed E-state index contributed by atoms with van der Waals surface area (Å²) in [6.45, 7) is 1.86. The zero-order valence-corrected chi connectivity index (χ0v) is 15.1. The van der Waals surface area contributed by atoms with Gasteiger partial charge in [-0.1, -0.05) is 12.1 Å². The predicted octanol–water partition coefficient (Wildman–Crippen LogP) is 2.58. The maximum absolute atomic E-state index is 12.0. The Labute approximate surface area is 156 Å². The largest absolute Gasteiger partial charge is 0.497 e. The summed E-state index contributed by atoms with van der Waals surface area (Å²) < 4.78 is 15.6. The van der Waals surface area contributed by atoms with Crippen molar-refractivity contribution in [3.8, 4) is 17.2 Å². The van der Waals surface area contributed by atoms with Crippen molar-refractivity contribution < 1.29 is 23.8 Å². The lowest BCUT2D eigenvalue weighted by molar-refractivity contribution is -0.121. The Hall–Kier alpha value is -3.48. The van der Waals surface area contributed by atoms with Gasteiger partial charge in [-0.2, -0.15) is 0 Å². The highest BCUT2D eigenvalue weighted by Gasteiger charge is 2.14. The van der Waals surface area contributed by atoms with Crippen molar-refractivity contribution in [2.45, 2.75) is 6.92 Å². The molecule has 3 rings (SSSR count). The van der Waals surface area contributed by atoms with Crippen molar-refractivity contribution in [1.82, 2.24) is 5.32 Å². The molecule has 1 aliphatic rings. The fourth-order valence-electron chi connectivity index (χ4n) is 2.53. The summed E-state index contributed by atoms with van der Waals surface area (Å²) in [6, 6.07) is 12.5. The van der Waals surface area contributed by atoms with Gasteiger partial charge >= 0.3 is 0 Å². The monoisotopic (exact) mass is 368 g/mol. The van der Waals surface area contributed by atoms with Crippen LogP contribution in [0.15, 0.2) is 48.5 Å². The van der Waals surface area contributed by atoms with Crippen LogP contribution < -0.4 is 24.8 Å². The van der Waals surface area contributed by atoms with Gasteiger partial charge in [0, 0.05) is 17.8 Å². The van der Waals surface area contributed by atoms with Crippen molar-refractivity contribution >= 4 is 23.1 Å². The molecule has 2 aromatic rings. The van der Waals surface area contributed by atoms with Crippen molar-refractivity contribution in [2.75, 3.05) is 25.8 Å². The fraction of sp³-hybridized carbons (Fsp3) is 0.200. The lowest BCUT2D eigenvalue weighted by atomic mass is 10.1. The minimum absolute atomic E-state index is 0.139. The van der Waals surface area contributed by atoms with E-state index in [2.05, 4.69) is 10.6 Å². The summed E-state index contributed by atoms with van der Waals surface area (Å²) >= 11 is 0. The molecule has 0 atom stereocenters. The van der Waals surface area contributed by atoms with E-state index >= 15 is 0 Å². The Balaban J connectivity index is 1.51. The van der Waals surface area contributed by atoms with Crippen molar-refractivity contribution in [1.29, 1.82) is 0 Å². The average Bonchev–Trinajstić information content (AvgIpc) is 3.14. The predicted molar refractivity (Wildman–Crippen MR) is 101 cm³/mol. The van der Waals surface area contributed by atoms with Gasteiger partial charge in [-0.3, -0.25) is 9.59 Å². The Kier molecular flexibility index (Phi) is 5.61. The van der Waals surface area contributed by atoms with Crippen LogP contribution in [0, 0.1) is 0 Å². The molecule has 7 nitrogen and oxygen atoms in total. The van der Waals surface area contributed by atoms with Gasteiger partial charge in [0.1, 0.15) is 5.75 Å². The lowest BCUT2D eigenvalue weighted by Gasteiger charge is -2.07. The van der Waals surface area contributed by atoms with Crippen LogP contribution in [0.1, 0.15) is 12.5 Å². The second-order valence-corrected chi connectivity index (χ2v) is 5.89. The first kappa shape index (κ1) is 18.3. The van der Waals surface area contributed by atoms with E-state index in [0.717, 1.165) is 16.9 Å². The summed E-state index contributed by atoms with van der Waals surface area (Å²) in [6.07, 6.45) is 1.45. The van der Waals surface area contributed by atoms with Gasteiger partial charge in [-0.05, 0) is 42.3 Å². The number of fused-ring (bicyclic) bond motifs is 1. The third-order valence-corrected chi connectivity index (χ3v) is 3.97. The topological polar surface area (TPSA) is 85.9 Å². The number of rotatable bonds is 6. The summed E-state index contributed by atoms with van der Waals surface area (Å²) in [5.74, 6) is 1.29. The number of carbonyl (C=O) groups is 2. The van der Waals surface area contributed by atoms with Gasteiger partial charge in [0.05, 0.1) is 13.7 Å². The minimum atomic E-state index is -0.343. The molecule has 7 heteroatoms. The molecule has 0 radical (unpaired) electrons. The molecule has 2 N–H and O–H groups in total. The third-order valence-electron chi connectivity index (χ3n) is 3.97. The molecular weight excluding hydrogens is 348 g/mol. The minimum Gasteiger partial charge on any atom is -0.497 e. The van der Waals surface area contributed by atoms with E-state index < -0.39 is 0 Å². The SMILES string of the molecule is COc1ccc(/C(C)=C/C(=O)NCC(=O)Nc2ccc3c(c2)OCO3)cc1. The van der Waals surface area contributed by atoms with Crippen LogP contribution in [-0.4, -0.2) is 32.3 Å². The molecule has 2 amide bonds. The normalized spacial score (nSPS) is 12.4. The van der Waals surface area contributed by atoms with Gasteiger partial charge in [0.2, 0.25) is 18.6 Å². The van der Waals surface area contributed by atoms with Crippen molar-refractivity contribution in [2.24, 2.45) is 0 Å². The number of methoxy groups -OCH3 is 1. The molecule has 0 spiro atoms. The summed E-state index contributed by atoms with van der Waals surface area (Å²) in [7, 11) is 1.60. The molecule has 0 aliphatic carbocycles. The van der Waals surface area contributed by atoms with E-state index in [1.807, 2.05) is 31.2 Å². The van der Waals surface area contributed by atoms with Gasteiger partial charge in [0.25, 0.3) is 0 Å². The van der Waals surface area contributed by atoms with Crippen LogP contribution in [0.4, 0.5) is 5.69 Å². The quantitative estimate of drug-likeness (QED) is 0.766. The molecule has 27 heavy (non-hydrogen) atoms. The Bertz CT molecular complexity index is 874. The van der Waals surface area contributed by atoms with Gasteiger partial charge in [0.15, 0.2) is 11.5 Å². The first-order chi connectivity index (χ1) is 13.0. The molecule has 1 aliphatic heterocycles. The number of benzene rings is 2. The van der Waals surface area contributed by atoms with E-state index in [-0.39, 0.29) is 25.2 Å². The first-order valence-corrected chi connectivity index (χ1v) is 8.35. The van der Waals surface area contributed by atoms with E-state index in [4.69, 9.17) is 14.2 Å². The molecule has 2 aromatic carbocycles. The van der Waals surface area contributed by atoms with E-state index in [1.165, 1.54) is 6.08 Å². The van der Waals surface area contributed by atoms with E-state index in [1.54, 1.807) is 25.3 Å². The van der Waals surface area contributed by atoms with Crippen molar-refractivity contribution in [3.05, 3.63) is 54.1 Å². The van der Waals surface area contributed by atoms with Crippen LogP contribution >= 0.6 is 0 Å². The standard InChI is InChI=1S/C20H20N2O5/c1-13(14-3-6-16(25-2)7-4-14)9-19(23)21-11-20(24)22-15-5-8-17-18(10-15)27-12-26-17/h3-10H,11-12H2,1-2H3,(H,21,23)(H,22,24)/b13-9+. The number of hydrogen-bond acceptors (Lipinski definition) is 5. The molecule has 0 fully saturated rings. The number of ether oxygens (including phenoxy) is 3. The second kappa shape index (κ2) is 8.27. The van der Waals surface area contributed by atoms with E-state index in [9.17, 15) is 9.59 Å². The van der Waals surface area contributed by atoms with Crippen LogP contribution in [-0.2, 0) is 9.59 Å². The van der Waals surface area contributed by atoms with Crippen LogP contribution in [0.3, 0.4) is 0 Å². The molecule has 0 saturated carbocycles. The highest BCUT2D eigenvalue weighted by Crippen LogP contribution is 2.34. The second-order valence-electron chi connectivity index (χ2n) is 5.89. The molecule has 0 aromatic heterocycles. The molecule has 1 heterocycles. The molecular formula is C20H20N2O5. The first-order valence-electron chi connectivity index (χ1n) is 8.35. The Morgan fingerprint density at radius 1 is 1.11 bits per heavy atom. The Morgan fingerprint density at radius 2 is 1.85 bits per heavy atom. The zero-order valence-electron chi connectivity index (χ0n) is 15.1. The molecule has 0 saturated heterocycles. The summed E-state index contributed by atoms with van der Waals surface area (Å²) in [5.41, 5.74) is 2.26. The number of amides is 2. The van der Waals surface area contributed by atoms with Crippen molar-refractivity contribution in [3.63, 3.8) is 0 Å². The number of anilines is 1. The van der Waals surface area contributed by atoms with Gasteiger partial charge < -0.3 is 24.8 Å². The number of carbonyl (C=O) groups excluding carboxylic acids is 2. The lowest BCUT2D eigenvalue weighted by Crippen LogP contribution is -2.31. The van der Waals surface area contributed by atoms with Crippen LogP contribution in [0.25, 0.3) is 5.57 Å². The number of nitrogens with one attached hydrogen (secondary N) is 2. The number of hydrogen-bond donors (Lipinski definition) is 2. The maximum Gasteiger partial charge on any atom is 0.244 e. The third kappa shape index (κ3) is 4.78. The number of allylic oxidation sites excluding steroid dienone is 1. The Morgan fingerprint density at radius 3 is 2.59 bits per heavy atom. The molecule has 0 bridgehead atoms. The van der Waals surface area contributed by atoms with Gasteiger partial charge in [-0.25, -0.2) is 0 Å². The summed E-state index contributed by atoms with van der Waals surface area (Å²) in [4.78, 5) is 24.0. The zero-order chi connectivity index (χ0) is 19.2. The summed E-state index contributed by atoms with van der Waals surface area (Å²) in [5, 5.41) is 5.27. The van der Waals surface area contributed by atoms with Crippen LogP contribution in [0.2, 0.25) is 0 Å². The highest BCUT2D eigenvalue weighted by atomic mass is 16.7. The molecule has 140 valence electrons. The smallest absolute Gasteiger partial charge is 0.244 e.